The summed E-state index contributed by atoms with van der Waals surface area (Å²) < 4.78 is 0. The molecule has 0 amide bonds. The number of hydrazone groups is 1. The molecule has 0 saturated carbocycles. The number of nitrogens with one attached hydrogen (secondary N) is 1. The standard InChI is InChI=1S/C11H14N4/c1-3-12-10-6-4-5-7-11(10)15-13-8-9-14(15)2/h3-8,12H,1,9H2,2H3. The van der Waals surface area contributed by atoms with Crippen molar-refractivity contribution in [3.8, 4) is 0 Å². The summed E-state index contributed by atoms with van der Waals surface area (Å²) in [7, 11) is 2.00. The highest BCUT2D eigenvalue weighted by Gasteiger charge is 2.17. The van der Waals surface area contributed by atoms with Crippen LogP contribution in [0, 0.1) is 0 Å². The summed E-state index contributed by atoms with van der Waals surface area (Å²) in [6.45, 7) is 4.50. The van der Waals surface area contributed by atoms with Crippen molar-refractivity contribution in [3.05, 3.63) is 37.0 Å². The van der Waals surface area contributed by atoms with Crippen LogP contribution >= 0.6 is 0 Å². The van der Waals surface area contributed by atoms with Crippen molar-refractivity contribution in [3.63, 3.8) is 0 Å². The van der Waals surface area contributed by atoms with Crippen molar-refractivity contribution in [1.29, 1.82) is 0 Å². The number of hydrazine groups is 1. The van der Waals surface area contributed by atoms with Crippen LogP contribution < -0.4 is 10.4 Å². The summed E-state index contributed by atoms with van der Waals surface area (Å²) in [4.78, 5) is 0. The van der Waals surface area contributed by atoms with E-state index >= 15 is 0 Å². The molecule has 0 fully saturated rings. The van der Waals surface area contributed by atoms with Crippen LogP contribution in [0.3, 0.4) is 0 Å². The van der Waals surface area contributed by atoms with Gasteiger partial charge in [0, 0.05) is 13.3 Å². The van der Waals surface area contributed by atoms with Crippen LogP contribution in [0.1, 0.15) is 0 Å². The van der Waals surface area contributed by atoms with E-state index in [1.54, 1.807) is 6.20 Å². The van der Waals surface area contributed by atoms with Gasteiger partial charge in [0.15, 0.2) is 0 Å². The number of rotatable bonds is 3. The Morgan fingerprint density at radius 1 is 1.47 bits per heavy atom. The number of nitrogens with zero attached hydrogens (tertiary/aromatic N) is 3. The molecule has 0 aromatic heterocycles. The highest BCUT2D eigenvalue weighted by Crippen LogP contribution is 2.27. The first kappa shape index (κ1) is 9.73. The molecule has 0 radical (unpaired) electrons. The van der Waals surface area contributed by atoms with Crippen LogP contribution in [0.5, 0.6) is 0 Å². The van der Waals surface area contributed by atoms with E-state index < -0.39 is 0 Å². The van der Waals surface area contributed by atoms with Crippen LogP contribution in [0.2, 0.25) is 0 Å². The fourth-order valence-corrected chi connectivity index (χ4v) is 1.52. The average Bonchev–Trinajstić information content (AvgIpc) is 2.66. The third kappa shape index (κ3) is 1.85. The van der Waals surface area contributed by atoms with Gasteiger partial charge in [-0.25, -0.2) is 0 Å². The zero-order valence-corrected chi connectivity index (χ0v) is 8.72. The predicted octanol–water partition coefficient (Wildman–Crippen LogP) is 1.89. The fourth-order valence-electron chi connectivity index (χ4n) is 1.52. The minimum atomic E-state index is 0.836. The van der Waals surface area contributed by atoms with E-state index in [2.05, 4.69) is 17.0 Å². The van der Waals surface area contributed by atoms with Gasteiger partial charge in [-0.2, -0.15) is 15.2 Å². The molecular weight excluding hydrogens is 188 g/mol. The summed E-state index contributed by atoms with van der Waals surface area (Å²) in [6.07, 6.45) is 3.54. The van der Waals surface area contributed by atoms with Crippen molar-refractivity contribution >= 4 is 17.6 Å². The Kier molecular flexibility index (Phi) is 2.69. The van der Waals surface area contributed by atoms with Crippen molar-refractivity contribution in [2.75, 3.05) is 24.0 Å². The van der Waals surface area contributed by atoms with Crippen molar-refractivity contribution < 1.29 is 0 Å². The van der Waals surface area contributed by atoms with Crippen LogP contribution in [-0.4, -0.2) is 24.8 Å². The van der Waals surface area contributed by atoms with E-state index in [-0.39, 0.29) is 0 Å². The number of hydrogen-bond acceptors (Lipinski definition) is 4. The largest absolute Gasteiger partial charge is 0.360 e. The topological polar surface area (TPSA) is 30.9 Å². The molecule has 1 aliphatic heterocycles. The smallest absolute Gasteiger partial charge is 0.102 e. The lowest BCUT2D eigenvalue weighted by Gasteiger charge is -2.24. The molecule has 1 heterocycles. The number of benzene rings is 1. The zero-order chi connectivity index (χ0) is 10.7. The first-order valence-corrected chi connectivity index (χ1v) is 4.83. The van der Waals surface area contributed by atoms with Gasteiger partial charge in [0.05, 0.1) is 12.2 Å². The Balaban J connectivity index is 2.33. The molecule has 78 valence electrons. The van der Waals surface area contributed by atoms with Gasteiger partial charge in [0.1, 0.15) is 5.69 Å². The molecule has 1 aromatic carbocycles. The third-order valence-corrected chi connectivity index (χ3v) is 2.24. The molecule has 1 N–H and O–H groups in total. The molecule has 0 spiro atoms. The second-order valence-corrected chi connectivity index (χ2v) is 3.29. The van der Waals surface area contributed by atoms with E-state index in [0.29, 0.717) is 0 Å². The Morgan fingerprint density at radius 2 is 2.27 bits per heavy atom. The molecule has 0 saturated heterocycles. The lowest BCUT2D eigenvalue weighted by molar-refractivity contribution is 0.378. The number of para-hydroxylation sites is 2. The van der Waals surface area contributed by atoms with Crippen molar-refractivity contribution in [1.82, 2.24) is 5.01 Å². The third-order valence-electron chi connectivity index (χ3n) is 2.24. The molecule has 0 aliphatic carbocycles. The van der Waals surface area contributed by atoms with Crippen molar-refractivity contribution in [2.45, 2.75) is 0 Å². The van der Waals surface area contributed by atoms with Gasteiger partial charge in [-0.05, 0) is 18.3 Å². The fraction of sp³-hybridized carbons (Fsp3) is 0.182. The van der Waals surface area contributed by atoms with Gasteiger partial charge in [-0.15, -0.1) is 0 Å². The van der Waals surface area contributed by atoms with Gasteiger partial charge >= 0.3 is 0 Å². The molecular formula is C11H14N4. The maximum Gasteiger partial charge on any atom is 0.102 e. The SMILES string of the molecule is C=CNc1ccccc1N1N=CCN1C. The quantitative estimate of drug-likeness (QED) is 0.812. The maximum absolute atomic E-state index is 4.29. The first-order valence-electron chi connectivity index (χ1n) is 4.83. The van der Waals surface area contributed by atoms with Gasteiger partial charge in [0.25, 0.3) is 0 Å². The lowest BCUT2D eigenvalue weighted by Crippen LogP contribution is -2.31. The van der Waals surface area contributed by atoms with Crippen LogP contribution in [-0.2, 0) is 0 Å². The Bertz CT molecular complexity index is 386. The second-order valence-electron chi connectivity index (χ2n) is 3.29. The highest BCUT2D eigenvalue weighted by molar-refractivity contribution is 5.74. The van der Waals surface area contributed by atoms with E-state index in [1.807, 2.05) is 47.7 Å². The van der Waals surface area contributed by atoms with Crippen molar-refractivity contribution in [2.24, 2.45) is 5.10 Å². The lowest BCUT2D eigenvalue weighted by atomic mass is 10.2. The molecule has 15 heavy (non-hydrogen) atoms. The highest BCUT2D eigenvalue weighted by atomic mass is 15.8. The molecule has 4 heteroatoms. The summed E-state index contributed by atoms with van der Waals surface area (Å²) in [5.41, 5.74) is 2.02. The van der Waals surface area contributed by atoms with Gasteiger partial charge in [-0.3, -0.25) is 0 Å². The van der Waals surface area contributed by atoms with Crippen LogP contribution in [0.25, 0.3) is 0 Å². The summed E-state index contributed by atoms with van der Waals surface area (Å²) in [5, 5.41) is 11.3. The second kappa shape index (κ2) is 4.14. The maximum atomic E-state index is 4.29. The number of anilines is 2. The predicted molar refractivity (Wildman–Crippen MR) is 63.9 cm³/mol. The Labute approximate surface area is 89.5 Å². The molecule has 2 rings (SSSR count). The Morgan fingerprint density at radius 3 is 2.93 bits per heavy atom. The van der Waals surface area contributed by atoms with E-state index in [0.717, 1.165) is 17.9 Å². The Hall–Kier alpha value is -1.81. The molecule has 0 atom stereocenters. The summed E-state index contributed by atoms with van der Waals surface area (Å²) >= 11 is 0. The minimum absolute atomic E-state index is 0.836. The molecule has 1 aliphatic rings. The average molecular weight is 202 g/mol. The molecule has 1 aromatic rings. The monoisotopic (exact) mass is 202 g/mol. The molecule has 4 nitrogen and oxygen atoms in total. The van der Waals surface area contributed by atoms with Gasteiger partial charge in [0.2, 0.25) is 0 Å². The number of hydrogen-bond donors (Lipinski definition) is 1. The first-order chi connectivity index (χ1) is 7.33. The van der Waals surface area contributed by atoms with Crippen LogP contribution in [0.15, 0.2) is 42.1 Å². The normalized spacial score (nSPS) is 15.7. The van der Waals surface area contributed by atoms with E-state index in [1.165, 1.54) is 0 Å². The van der Waals surface area contributed by atoms with E-state index in [9.17, 15) is 0 Å². The minimum Gasteiger partial charge on any atom is -0.360 e. The zero-order valence-electron chi connectivity index (χ0n) is 8.72. The molecule has 0 unspecified atom stereocenters. The van der Waals surface area contributed by atoms with Gasteiger partial charge < -0.3 is 5.32 Å². The van der Waals surface area contributed by atoms with Gasteiger partial charge in [-0.1, -0.05) is 18.7 Å². The summed E-state index contributed by atoms with van der Waals surface area (Å²) in [5.74, 6) is 0. The van der Waals surface area contributed by atoms with Crippen LogP contribution in [0.4, 0.5) is 11.4 Å². The van der Waals surface area contributed by atoms with E-state index in [4.69, 9.17) is 0 Å². The molecule has 0 bridgehead atoms. The summed E-state index contributed by atoms with van der Waals surface area (Å²) in [6, 6.07) is 7.99.